The summed E-state index contributed by atoms with van der Waals surface area (Å²) in [5, 5.41) is 29.2. The molecule has 0 saturated heterocycles. The molecule has 0 bridgehead atoms. The van der Waals surface area contributed by atoms with Gasteiger partial charge < -0.3 is 10.4 Å². The van der Waals surface area contributed by atoms with E-state index in [4.69, 9.17) is 16.7 Å². The number of hydrogen-bond acceptors (Lipinski definition) is 6. The largest absolute Gasteiger partial charge is 0.506 e. The highest BCUT2D eigenvalue weighted by atomic mass is 35.5. The minimum Gasteiger partial charge on any atom is -0.506 e. The molecule has 212 valence electrons. The molecule has 41 heavy (non-hydrogen) atoms. The lowest BCUT2D eigenvalue weighted by atomic mass is 9.92. The van der Waals surface area contributed by atoms with Gasteiger partial charge in [0.2, 0.25) is 0 Å². The van der Waals surface area contributed by atoms with E-state index < -0.39 is 0 Å². The third-order valence-electron chi connectivity index (χ3n) is 6.45. The van der Waals surface area contributed by atoms with Gasteiger partial charge in [0.25, 0.3) is 0 Å². The van der Waals surface area contributed by atoms with Gasteiger partial charge >= 0.3 is 6.03 Å². The van der Waals surface area contributed by atoms with E-state index in [0.717, 1.165) is 32.5 Å². The summed E-state index contributed by atoms with van der Waals surface area (Å²) in [6.07, 6.45) is 2.05. The van der Waals surface area contributed by atoms with Crippen LogP contribution in [0.5, 0.6) is 5.75 Å². The predicted molar refractivity (Wildman–Crippen MR) is 162 cm³/mol. The van der Waals surface area contributed by atoms with Crippen molar-refractivity contribution in [2.45, 2.75) is 62.3 Å². The molecule has 0 aliphatic rings. The van der Waals surface area contributed by atoms with E-state index in [1.807, 2.05) is 67.6 Å². The van der Waals surface area contributed by atoms with Crippen molar-refractivity contribution >= 4 is 40.9 Å². The molecule has 9 nitrogen and oxygen atoms in total. The van der Waals surface area contributed by atoms with Gasteiger partial charge in [-0.25, -0.2) is 9.48 Å². The van der Waals surface area contributed by atoms with Crippen LogP contribution in [-0.2, 0) is 12.0 Å². The summed E-state index contributed by atoms with van der Waals surface area (Å²) in [6, 6.07) is 18.2. The average molecular weight is 590 g/mol. The molecule has 5 rings (SSSR count). The third kappa shape index (κ3) is 6.34. The fourth-order valence-electron chi connectivity index (χ4n) is 4.22. The summed E-state index contributed by atoms with van der Waals surface area (Å²) >= 11 is 7.77. The van der Waals surface area contributed by atoms with Crippen LogP contribution < -0.4 is 10.6 Å². The maximum atomic E-state index is 13.1. The molecule has 0 spiro atoms. The van der Waals surface area contributed by atoms with Crippen molar-refractivity contribution in [1.29, 1.82) is 0 Å². The molecule has 0 saturated carbocycles. The van der Waals surface area contributed by atoms with Crippen molar-refractivity contribution in [2.75, 3.05) is 5.32 Å². The number of hydrogen-bond donors (Lipinski definition) is 3. The van der Waals surface area contributed by atoms with E-state index in [-0.39, 0.29) is 28.1 Å². The van der Waals surface area contributed by atoms with E-state index in [1.165, 1.54) is 6.07 Å². The van der Waals surface area contributed by atoms with Gasteiger partial charge in [-0.2, -0.15) is 5.10 Å². The van der Waals surface area contributed by atoms with Gasteiger partial charge in [-0.15, -0.1) is 10.2 Å². The molecular weight excluding hydrogens is 558 g/mol. The standard InChI is InChI=1S/C30H32ClN7O2S/c1-18(2)28-35-34-26-13-11-21(17-37(26)28)41-24-9-7-6-8-19(24)16-32-29(40)33-27-15-25(30(3,4)5)36-38(27)20-10-12-23(39)22(31)14-20/h6-15,17-18,39H,16H2,1-5H3,(H2,32,33,40). The molecule has 0 unspecified atom stereocenters. The Bertz CT molecular complexity index is 1720. The summed E-state index contributed by atoms with van der Waals surface area (Å²) < 4.78 is 3.64. The monoisotopic (exact) mass is 589 g/mol. The van der Waals surface area contributed by atoms with Crippen LogP contribution in [0, 0.1) is 0 Å². The number of halogens is 1. The van der Waals surface area contributed by atoms with E-state index in [2.05, 4.69) is 40.9 Å². The molecule has 3 heterocycles. The van der Waals surface area contributed by atoms with Gasteiger partial charge in [0.1, 0.15) is 17.4 Å². The van der Waals surface area contributed by atoms with E-state index in [1.54, 1.807) is 28.6 Å². The van der Waals surface area contributed by atoms with Crippen molar-refractivity contribution in [2.24, 2.45) is 0 Å². The number of benzene rings is 2. The Labute approximate surface area is 248 Å². The smallest absolute Gasteiger partial charge is 0.320 e. The number of urea groups is 1. The number of aromatic hydroxyl groups is 1. The molecule has 2 aromatic carbocycles. The number of nitrogens with zero attached hydrogens (tertiary/aromatic N) is 5. The normalized spacial score (nSPS) is 11.8. The summed E-state index contributed by atoms with van der Waals surface area (Å²) in [4.78, 5) is 15.2. The van der Waals surface area contributed by atoms with Crippen molar-refractivity contribution in [3.63, 3.8) is 0 Å². The zero-order valence-electron chi connectivity index (χ0n) is 23.5. The fraction of sp³-hybridized carbons (Fsp3) is 0.267. The Morgan fingerprint density at radius 3 is 2.59 bits per heavy atom. The molecule has 0 atom stereocenters. The molecule has 0 radical (unpaired) electrons. The molecule has 11 heteroatoms. The Kier molecular flexibility index (Phi) is 7.97. The summed E-state index contributed by atoms with van der Waals surface area (Å²) in [5.41, 5.74) is 2.96. The Morgan fingerprint density at radius 1 is 1.07 bits per heavy atom. The third-order valence-corrected chi connectivity index (χ3v) is 7.85. The maximum Gasteiger partial charge on any atom is 0.320 e. The highest BCUT2D eigenvalue weighted by Crippen LogP contribution is 2.32. The zero-order chi connectivity index (χ0) is 29.3. The number of carbonyl (C=O) groups is 1. The predicted octanol–water partition coefficient (Wildman–Crippen LogP) is 7.17. The number of pyridine rings is 1. The SMILES string of the molecule is CC(C)c1nnc2ccc(Sc3ccccc3CNC(=O)Nc3cc(C(C)(C)C)nn3-c3ccc(O)c(Cl)c3)cn12. The topological polar surface area (TPSA) is 109 Å². The van der Waals surface area contributed by atoms with Gasteiger partial charge in [0.15, 0.2) is 5.65 Å². The first kappa shape index (κ1) is 28.5. The molecule has 0 aliphatic heterocycles. The zero-order valence-corrected chi connectivity index (χ0v) is 25.1. The van der Waals surface area contributed by atoms with Crippen LogP contribution in [0.4, 0.5) is 10.6 Å². The molecule has 0 aliphatic carbocycles. The number of aromatic nitrogens is 5. The highest BCUT2D eigenvalue weighted by molar-refractivity contribution is 7.99. The second kappa shape index (κ2) is 11.5. The quantitative estimate of drug-likeness (QED) is 0.186. The van der Waals surface area contributed by atoms with Crippen LogP contribution >= 0.6 is 23.4 Å². The molecular formula is C30H32ClN7O2S. The van der Waals surface area contributed by atoms with Crippen molar-refractivity contribution in [3.8, 4) is 11.4 Å². The lowest BCUT2D eigenvalue weighted by molar-refractivity contribution is 0.251. The van der Waals surface area contributed by atoms with E-state index in [0.29, 0.717) is 18.1 Å². The minimum atomic E-state index is -0.372. The molecule has 3 N–H and O–H groups in total. The first-order valence-electron chi connectivity index (χ1n) is 13.2. The second-order valence-electron chi connectivity index (χ2n) is 11.0. The van der Waals surface area contributed by atoms with Gasteiger partial charge in [0.05, 0.1) is 16.4 Å². The van der Waals surface area contributed by atoms with Crippen LogP contribution in [0.1, 0.15) is 57.6 Å². The van der Waals surface area contributed by atoms with Crippen molar-refractivity contribution < 1.29 is 9.90 Å². The minimum absolute atomic E-state index is 0.0237. The van der Waals surface area contributed by atoms with E-state index >= 15 is 0 Å². The van der Waals surface area contributed by atoms with Crippen LogP contribution in [0.2, 0.25) is 5.02 Å². The van der Waals surface area contributed by atoms with Crippen LogP contribution in [-0.4, -0.2) is 35.5 Å². The molecule has 2 amide bonds. The van der Waals surface area contributed by atoms with E-state index in [9.17, 15) is 9.90 Å². The fourth-order valence-corrected chi connectivity index (χ4v) is 5.36. The van der Waals surface area contributed by atoms with Crippen LogP contribution in [0.25, 0.3) is 11.3 Å². The number of amides is 2. The van der Waals surface area contributed by atoms with Crippen molar-refractivity contribution in [1.82, 2.24) is 29.7 Å². The maximum absolute atomic E-state index is 13.1. The van der Waals surface area contributed by atoms with Crippen molar-refractivity contribution in [3.05, 3.63) is 89.0 Å². The van der Waals surface area contributed by atoms with Crippen LogP contribution in [0.3, 0.4) is 0 Å². The number of rotatable bonds is 7. The summed E-state index contributed by atoms with van der Waals surface area (Å²) in [7, 11) is 0. The number of nitrogens with one attached hydrogen (secondary N) is 2. The first-order chi connectivity index (χ1) is 19.5. The number of anilines is 1. The Morgan fingerprint density at radius 2 is 1.85 bits per heavy atom. The Balaban J connectivity index is 1.33. The Hall–Kier alpha value is -4.02. The summed E-state index contributed by atoms with van der Waals surface area (Å²) in [6.45, 7) is 10.7. The van der Waals surface area contributed by atoms with Gasteiger partial charge in [-0.3, -0.25) is 9.72 Å². The van der Waals surface area contributed by atoms with Crippen LogP contribution in [0.15, 0.2) is 76.7 Å². The number of carbonyl (C=O) groups excluding carboxylic acids is 1. The van der Waals surface area contributed by atoms with Gasteiger partial charge in [0, 0.05) is 39.9 Å². The molecule has 3 aromatic heterocycles. The lowest BCUT2D eigenvalue weighted by Crippen LogP contribution is -2.29. The highest BCUT2D eigenvalue weighted by Gasteiger charge is 2.22. The lowest BCUT2D eigenvalue weighted by Gasteiger charge is -2.14. The van der Waals surface area contributed by atoms with Gasteiger partial charge in [-0.1, -0.05) is 76.2 Å². The number of fused-ring (bicyclic) bond motifs is 1. The molecule has 5 aromatic rings. The first-order valence-corrected chi connectivity index (χ1v) is 14.4. The number of phenols is 1. The number of phenolic OH excluding ortho intramolecular Hbond substituents is 1. The van der Waals surface area contributed by atoms with Gasteiger partial charge in [-0.05, 0) is 42.0 Å². The second-order valence-corrected chi connectivity index (χ2v) is 12.6. The summed E-state index contributed by atoms with van der Waals surface area (Å²) in [5.74, 6) is 1.63. The molecule has 0 fully saturated rings. The average Bonchev–Trinajstić information content (AvgIpc) is 3.54.